The Morgan fingerprint density at radius 1 is 1.10 bits per heavy atom. The molecule has 0 radical (unpaired) electrons. The van der Waals surface area contributed by atoms with Gasteiger partial charge in [-0.25, -0.2) is 14.6 Å². The second-order valence-corrected chi connectivity index (χ2v) is 15.2. The number of hydrogen-bond donors (Lipinski definition) is 3. The first-order valence-electron chi connectivity index (χ1n) is 16.4. The molecule has 1 aliphatic heterocycles. The van der Waals surface area contributed by atoms with E-state index in [1.54, 1.807) is 30.7 Å². The summed E-state index contributed by atoms with van der Waals surface area (Å²) in [5.41, 5.74) is 6.91. The normalized spacial score (nSPS) is 17.8. The third-order valence-corrected chi connectivity index (χ3v) is 11.8. The summed E-state index contributed by atoms with van der Waals surface area (Å²) in [7, 11) is -3.29. The lowest BCUT2D eigenvalue weighted by atomic mass is 9.69. The molecule has 252 valence electrons. The number of anilines is 1. The minimum atomic E-state index is -3.29. The first-order valence-corrected chi connectivity index (χ1v) is 17.9. The number of nitrogens with one attached hydrogen (secondary N) is 1. The Morgan fingerprint density at radius 2 is 1.88 bits per heavy atom. The average Bonchev–Trinajstić information content (AvgIpc) is 3.46. The van der Waals surface area contributed by atoms with E-state index in [1.807, 2.05) is 49.7 Å². The second-order valence-electron chi connectivity index (χ2n) is 13.2. The molecule has 0 unspecified atom stereocenters. The molecule has 48 heavy (non-hydrogen) atoms. The molecule has 2 atom stereocenters. The van der Waals surface area contributed by atoms with Gasteiger partial charge in [0.05, 0.1) is 39.6 Å². The standard InChI is InChI=1S/C36H44N8O3S/c1-7-25-16-30-32(10-9-15-39-30)48(46,47)43(20-25)21-27-17-26(12-11-23(27)3)33(36(5,6)35(45)40-28-18-37-22-38-19-28)29-13-14-31-34(24(29)4)41-42-44(31)8-2/h9-15,17-19,22,25,33,46-47H,7-8,16,20-21H2,1-6H3,(H,40,45)/t25-,33-/m0/s1. The Bertz CT molecular complexity index is 1940. The fraction of sp³-hybridized carbons (Fsp3) is 0.389. The van der Waals surface area contributed by atoms with E-state index >= 15 is 0 Å². The maximum atomic E-state index is 14.2. The van der Waals surface area contributed by atoms with Gasteiger partial charge in [-0.2, -0.15) is 4.31 Å². The zero-order valence-corrected chi connectivity index (χ0v) is 29.2. The highest BCUT2D eigenvalue weighted by molar-refractivity contribution is 8.22. The van der Waals surface area contributed by atoms with Crippen LogP contribution in [0.3, 0.4) is 0 Å². The molecule has 2 aromatic carbocycles. The molecule has 1 amide bonds. The number of benzene rings is 2. The lowest BCUT2D eigenvalue weighted by molar-refractivity contribution is -0.124. The van der Waals surface area contributed by atoms with E-state index in [1.165, 1.54) is 6.33 Å². The van der Waals surface area contributed by atoms with Crippen molar-refractivity contribution < 1.29 is 13.9 Å². The number of carbonyl (C=O) groups is 1. The minimum Gasteiger partial charge on any atom is -0.323 e. The predicted molar refractivity (Wildman–Crippen MR) is 189 cm³/mol. The molecule has 4 heterocycles. The van der Waals surface area contributed by atoms with Gasteiger partial charge in [0.15, 0.2) is 0 Å². The minimum absolute atomic E-state index is 0.183. The van der Waals surface area contributed by atoms with E-state index < -0.39 is 22.1 Å². The molecule has 0 saturated heterocycles. The first kappa shape index (κ1) is 33.7. The maximum Gasteiger partial charge on any atom is 0.231 e. The average molecular weight is 669 g/mol. The first-order chi connectivity index (χ1) is 22.9. The number of fused-ring (bicyclic) bond motifs is 2. The van der Waals surface area contributed by atoms with Crippen molar-refractivity contribution in [3.05, 3.63) is 101 Å². The molecule has 0 fully saturated rings. The lowest BCUT2D eigenvalue weighted by Gasteiger charge is -2.43. The zero-order chi connectivity index (χ0) is 34.2. The van der Waals surface area contributed by atoms with Gasteiger partial charge in [0.25, 0.3) is 0 Å². The van der Waals surface area contributed by atoms with Crippen LogP contribution in [0.4, 0.5) is 5.69 Å². The molecule has 1 aliphatic rings. The Hall–Kier alpha value is -4.23. The monoisotopic (exact) mass is 668 g/mol. The van der Waals surface area contributed by atoms with Gasteiger partial charge < -0.3 is 5.32 Å². The summed E-state index contributed by atoms with van der Waals surface area (Å²) in [6.45, 7) is 13.7. The Kier molecular flexibility index (Phi) is 9.36. The van der Waals surface area contributed by atoms with Crippen LogP contribution in [0, 0.1) is 25.2 Å². The molecule has 5 aromatic rings. The highest BCUT2D eigenvalue weighted by Crippen LogP contribution is 2.56. The second kappa shape index (κ2) is 13.3. The summed E-state index contributed by atoms with van der Waals surface area (Å²) in [6.07, 6.45) is 7.89. The van der Waals surface area contributed by atoms with Crippen LogP contribution < -0.4 is 5.32 Å². The Balaban J connectivity index is 1.45. The summed E-state index contributed by atoms with van der Waals surface area (Å²) in [6, 6.07) is 13.9. The van der Waals surface area contributed by atoms with Crippen LogP contribution in [0.2, 0.25) is 0 Å². The van der Waals surface area contributed by atoms with Crippen molar-refractivity contribution in [1.29, 1.82) is 0 Å². The molecule has 0 spiro atoms. The molecule has 6 rings (SSSR count). The fourth-order valence-corrected chi connectivity index (χ4v) is 8.58. The highest BCUT2D eigenvalue weighted by atomic mass is 32.3. The lowest BCUT2D eigenvalue weighted by Crippen LogP contribution is -2.37. The maximum absolute atomic E-state index is 14.2. The van der Waals surface area contributed by atoms with Crippen LogP contribution in [0.15, 0.2) is 72.3 Å². The Labute approximate surface area is 283 Å². The van der Waals surface area contributed by atoms with Crippen molar-refractivity contribution in [3.8, 4) is 0 Å². The molecule has 0 saturated carbocycles. The number of hydrogen-bond acceptors (Lipinski definition) is 9. The number of amides is 1. The van der Waals surface area contributed by atoms with Gasteiger partial charge in [0.1, 0.15) is 11.8 Å². The largest absolute Gasteiger partial charge is 0.323 e. The SMILES string of the molecule is CC[C@H]1Cc2ncccc2S(O)(O)N(Cc2cc([C@@H](c3ccc4c(nnn4CC)c3C)C(C)(C)C(=O)Nc3cncnc3)ccc2C)C1. The molecule has 3 N–H and O–H groups in total. The quantitative estimate of drug-likeness (QED) is 0.149. The van der Waals surface area contributed by atoms with Crippen LogP contribution in [0.25, 0.3) is 11.0 Å². The van der Waals surface area contributed by atoms with Crippen molar-refractivity contribution in [2.24, 2.45) is 11.3 Å². The molecule has 12 heteroatoms. The fourth-order valence-electron chi connectivity index (χ4n) is 6.86. The third-order valence-electron chi connectivity index (χ3n) is 9.80. The van der Waals surface area contributed by atoms with Gasteiger partial charge in [0, 0.05) is 31.7 Å². The molecule has 0 aliphatic carbocycles. The molecular formula is C36H44N8O3S. The van der Waals surface area contributed by atoms with Gasteiger partial charge >= 0.3 is 0 Å². The van der Waals surface area contributed by atoms with Crippen LogP contribution in [0.1, 0.15) is 73.5 Å². The number of aryl methyl sites for hydroxylation is 3. The van der Waals surface area contributed by atoms with Crippen LogP contribution in [-0.4, -0.2) is 55.8 Å². The van der Waals surface area contributed by atoms with E-state index in [0.29, 0.717) is 36.6 Å². The van der Waals surface area contributed by atoms with Crippen molar-refractivity contribution in [2.45, 2.75) is 78.3 Å². The topological polar surface area (TPSA) is 142 Å². The molecule has 3 aromatic heterocycles. The van der Waals surface area contributed by atoms with Gasteiger partial charge in [-0.3, -0.25) is 18.9 Å². The molecule has 0 bridgehead atoms. The number of nitrogens with zero attached hydrogens (tertiary/aromatic N) is 7. The van der Waals surface area contributed by atoms with Gasteiger partial charge in [-0.05, 0) is 79.1 Å². The highest BCUT2D eigenvalue weighted by Gasteiger charge is 2.41. The summed E-state index contributed by atoms with van der Waals surface area (Å²) in [5.74, 6) is -0.354. The van der Waals surface area contributed by atoms with Gasteiger partial charge in [0.2, 0.25) is 5.91 Å². The van der Waals surface area contributed by atoms with Crippen LogP contribution >= 0.6 is 10.8 Å². The van der Waals surface area contributed by atoms with Gasteiger partial charge in [-0.15, -0.1) is 15.9 Å². The summed E-state index contributed by atoms with van der Waals surface area (Å²) >= 11 is 0. The summed E-state index contributed by atoms with van der Waals surface area (Å²) < 4.78 is 27.2. The van der Waals surface area contributed by atoms with E-state index in [2.05, 4.69) is 61.8 Å². The zero-order valence-electron chi connectivity index (χ0n) is 28.4. The van der Waals surface area contributed by atoms with E-state index in [4.69, 9.17) is 0 Å². The smallest absolute Gasteiger partial charge is 0.231 e. The number of pyridine rings is 1. The van der Waals surface area contributed by atoms with Crippen LogP contribution in [-0.2, 0) is 24.3 Å². The Morgan fingerprint density at radius 3 is 2.60 bits per heavy atom. The van der Waals surface area contributed by atoms with E-state index in [-0.39, 0.29) is 11.8 Å². The number of aromatic nitrogens is 6. The third kappa shape index (κ3) is 6.21. The van der Waals surface area contributed by atoms with Crippen molar-refractivity contribution in [1.82, 2.24) is 34.3 Å². The van der Waals surface area contributed by atoms with Crippen LogP contribution in [0.5, 0.6) is 0 Å². The van der Waals surface area contributed by atoms with Crippen molar-refractivity contribution in [2.75, 3.05) is 11.9 Å². The van der Waals surface area contributed by atoms with Crippen molar-refractivity contribution in [3.63, 3.8) is 0 Å². The van der Waals surface area contributed by atoms with E-state index in [9.17, 15) is 13.9 Å². The molecular weight excluding hydrogens is 625 g/mol. The molecule has 11 nitrogen and oxygen atoms in total. The predicted octanol–water partition coefficient (Wildman–Crippen LogP) is 7.16. The van der Waals surface area contributed by atoms with Gasteiger partial charge in [-0.1, -0.05) is 56.7 Å². The van der Waals surface area contributed by atoms with E-state index in [0.717, 1.165) is 51.0 Å². The number of rotatable bonds is 9. The number of carbonyl (C=O) groups excluding carboxylic acids is 1. The summed E-state index contributed by atoms with van der Waals surface area (Å²) in [5, 5.41) is 11.9. The summed E-state index contributed by atoms with van der Waals surface area (Å²) in [4.78, 5) is 27.3. The van der Waals surface area contributed by atoms with Crippen molar-refractivity contribution >= 4 is 33.4 Å².